The molecule has 3 rings (SSSR count). The first-order chi connectivity index (χ1) is 11.4. The lowest BCUT2D eigenvalue weighted by atomic mass is 9.92. The van der Waals surface area contributed by atoms with Crippen molar-refractivity contribution in [3.8, 4) is 0 Å². The molecule has 0 spiro atoms. The molecule has 1 N–H and O–H groups in total. The molecule has 24 heavy (non-hydrogen) atoms. The first-order valence-corrected chi connectivity index (χ1v) is 7.06. The third kappa shape index (κ3) is 2.58. The van der Waals surface area contributed by atoms with E-state index in [1.165, 1.54) is 54.4 Å². The first-order valence-electron chi connectivity index (χ1n) is 7.06. The third-order valence-electron chi connectivity index (χ3n) is 3.79. The van der Waals surface area contributed by atoms with E-state index in [2.05, 4.69) is 0 Å². The molecule has 0 aliphatic carbocycles. The predicted octanol–water partition coefficient (Wildman–Crippen LogP) is 2.77. The highest BCUT2D eigenvalue weighted by Gasteiger charge is 2.33. The van der Waals surface area contributed by atoms with E-state index in [1.54, 1.807) is 6.07 Å². The lowest BCUT2D eigenvalue weighted by molar-refractivity contribution is -0.114. The Hall–Kier alpha value is -3.28. The van der Waals surface area contributed by atoms with Gasteiger partial charge in [0.25, 0.3) is 5.91 Å². The number of Topliss-reactive ketones (excluding diaryl/α,β-unsaturated/α-hetero) is 1. The van der Waals surface area contributed by atoms with Crippen molar-refractivity contribution < 1.29 is 23.9 Å². The average Bonchev–Trinajstić information content (AvgIpc) is 2.56. The fourth-order valence-corrected chi connectivity index (χ4v) is 2.57. The Kier molecular flexibility index (Phi) is 3.73. The molecule has 2 aromatic rings. The summed E-state index contributed by atoms with van der Waals surface area (Å²) in [5, 5.41) is 9.07. The number of aromatic carboxylic acids is 1. The van der Waals surface area contributed by atoms with Crippen LogP contribution in [-0.4, -0.2) is 29.8 Å². The number of anilines is 1. The first kappa shape index (κ1) is 15.6. The molecule has 0 fully saturated rings. The molecule has 0 saturated heterocycles. The Morgan fingerprint density at radius 2 is 1.92 bits per heavy atom. The molecule has 5 nitrogen and oxygen atoms in total. The molecule has 1 aliphatic rings. The summed E-state index contributed by atoms with van der Waals surface area (Å²) in [7, 11) is 1.49. The Labute approximate surface area is 136 Å². The van der Waals surface area contributed by atoms with Crippen LogP contribution in [0.1, 0.15) is 26.3 Å². The number of likely N-dealkylation sites (N-methyl/N-ethyl adjacent to an activating group) is 1. The number of carboxylic acids is 1. The maximum atomic E-state index is 13.3. The second kappa shape index (κ2) is 5.73. The summed E-state index contributed by atoms with van der Waals surface area (Å²) >= 11 is 0. The van der Waals surface area contributed by atoms with Crippen LogP contribution >= 0.6 is 0 Å². The van der Waals surface area contributed by atoms with Crippen LogP contribution in [0.25, 0.3) is 6.08 Å². The van der Waals surface area contributed by atoms with Crippen LogP contribution in [-0.2, 0) is 4.79 Å². The van der Waals surface area contributed by atoms with E-state index in [4.69, 9.17) is 5.11 Å². The Balaban J connectivity index is 2.14. The summed E-state index contributed by atoms with van der Waals surface area (Å²) in [5.41, 5.74) is 0.650. The molecule has 1 heterocycles. The summed E-state index contributed by atoms with van der Waals surface area (Å²) in [6, 6.07) is 9.50. The van der Waals surface area contributed by atoms with Gasteiger partial charge >= 0.3 is 5.97 Å². The molecular formula is C18H12FNO4. The minimum absolute atomic E-state index is 0.0463. The smallest absolute Gasteiger partial charge is 0.335 e. The molecule has 2 aromatic carbocycles. The van der Waals surface area contributed by atoms with Gasteiger partial charge in [-0.2, -0.15) is 0 Å². The van der Waals surface area contributed by atoms with Gasteiger partial charge in [-0.3, -0.25) is 9.59 Å². The van der Waals surface area contributed by atoms with Crippen molar-refractivity contribution in [2.24, 2.45) is 0 Å². The largest absolute Gasteiger partial charge is 0.478 e. The van der Waals surface area contributed by atoms with Crippen molar-refractivity contribution >= 4 is 29.4 Å². The van der Waals surface area contributed by atoms with Gasteiger partial charge in [0.2, 0.25) is 5.78 Å². The fraction of sp³-hybridized carbons (Fsp3) is 0.0556. The van der Waals surface area contributed by atoms with Crippen molar-refractivity contribution in [1.29, 1.82) is 0 Å². The maximum absolute atomic E-state index is 13.3. The number of ketones is 1. The van der Waals surface area contributed by atoms with Crippen molar-refractivity contribution in [1.82, 2.24) is 0 Å². The van der Waals surface area contributed by atoms with E-state index in [9.17, 15) is 18.8 Å². The summed E-state index contributed by atoms with van der Waals surface area (Å²) < 4.78 is 13.3. The Morgan fingerprint density at radius 1 is 1.17 bits per heavy atom. The molecule has 0 atom stereocenters. The van der Waals surface area contributed by atoms with Crippen LogP contribution in [0.5, 0.6) is 0 Å². The van der Waals surface area contributed by atoms with Gasteiger partial charge in [-0.25, -0.2) is 9.18 Å². The highest BCUT2D eigenvalue weighted by molar-refractivity contribution is 6.36. The highest BCUT2D eigenvalue weighted by Crippen LogP contribution is 2.31. The van der Waals surface area contributed by atoms with E-state index in [-0.39, 0.29) is 16.7 Å². The number of hydrogen-bond donors (Lipinski definition) is 1. The minimum atomic E-state index is -1.17. The molecule has 0 bridgehead atoms. The number of fused-ring (bicyclic) bond motifs is 1. The highest BCUT2D eigenvalue weighted by atomic mass is 19.1. The van der Waals surface area contributed by atoms with Crippen LogP contribution in [0.15, 0.2) is 48.0 Å². The van der Waals surface area contributed by atoms with Crippen molar-refractivity contribution in [3.63, 3.8) is 0 Å². The topological polar surface area (TPSA) is 74.7 Å². The zero-order valence-electron chi connectivity index (χ0n) is 12.6. The van der Waals surface area contributed by atoms with Crippen molar-refractivity contribution in [2.75, 3.05) is 11.9 Å². The number of halogens is 1. The maximum Gasteiger partial charge on any atom is 0.335 e. The van der Waals surface area contributed by atoms with Crippen molar-refractivity contribution in [3.05, 3.63) is 70.5 Å². The summed E-state index contributed by atoms with van der Waals surface area (Å²) in [4.78, 5) is 37.4. The average molecular weight is 325 g/mol. The monoisotopic (exact) mass is 325 g/mol. The van der Waals surface area contributed by atoms with E-state index in [0.717, 1.165) is 0 Å². The van der Waals surface area contributed by atoms with Gasteiger partial charge in [-0.15, -0.1) is 0 Å². The summed E-state index contributed by atoms with van der Waals surface area (Å²) in [5.74, 6) is -2.76. The Bertz CT molecular complexity index is 917. The Morgan fingerprint density at radius 3 is 2.58 bits per heavy atom. The van der Waals surface area contributed by atoms with Gasteiger partial charge in [0.1, 0.15) is 5.82 Å². The molecule has 0 radical (unpaired) electrons. The quantitative estimate of drug-likeness (QED) is 0.680. The number of carboxylic acid groups (broad SMARTS) is 1. The molecule has 1 amide bonds. The summed E-state index contributed by atoms with van der Waals surface area (Å²) in [6.07, 6.45) is 1.31. The van der Waals surface area contributed by atoms with Crippen LogP contribution < -0.4 is 4.90 Å². The number of carbonyl (C=O) groups excluding carboxylic acids is 2. The minimum Gasteiger partial charge on any atom is -0.478 e. The normalized spacial score (nSPS) is 15.6. The predicted molar refractivity (Wildman–Crippen MR) is 85.5 cm³/mol. The number of carbonyl (C=O) groups is 3. The van der Waals surface area contributed by atoms with E-state index < -0.39 is 23.5 Å². The second-order valence-electron chi connectivity index (χ2n) is 5.34. The number of nitrogens with zero attached hydrogens (tertiary/aromatic N) is 1. The lowest BCUT2D eigenvalue weighted by Gasteiger charge is -2.26. The number of amides is 1. The fourth-order valence-electron chi connectivity index (χ4n) is 2.57. The third-order valence-corrected chi connectivity index (χ3v) is 3.79. The van der Waals surface area contributed by atoms with Gasteiger partial charge in [0.15, 0.2) is 0 Å². The van der Waals surface area contributed by atoms with Crippen LogP contribution in [0.2, 0.25) is 0 Å². The van der Waals surface area contributed by atoms with Gasteiger partial charge < -0.3 is 10.0 Å². The van der Waals surface area contributed by atoms with Crippen LogP contribution in [0, 0.1) is 5.82 Å². The van der Waals surface area contributed by atoms with E-state index in [0.29, 0.717) is 11.3 Å². The number of rotatable bonds is 2. The second-order valence-corrected chi connectivity index (χ2v) is 5.34. The molecule has 0 unspecified atom stereocenters. The van der Waals surface area contributed by atoms with Crippen molar-refractivity contribution in [2.45, 2.75) is 0 Å². The number of benzene rings is 2. The number of hydrogen-bond acceptors (Lipinski definition) is 3. The summed E-state index contributed by atoms with van der Waals surface area (Å²) in [6.45, 7) is 0. The standard InChI is InChI=1S/C18H12FNO4/c1-20-15-6-5-11(18(23)24)9-13(15)16(21)14(17(20)22)8-10-3-2-4-12(19)7-10/h2-9H,1H3,(H,23,24)/b14-8-. The van der Waals surface area contributed by atoms with E-state index >= 15 is 0 Å². The molecule has 0 aromatic heterocycles. The molecular weight excluding hydrogens is 313 g/mol. The van der Waals surface area contributed by atoms with Crippen LogP contribution in [0.3, 0.4) is 0 Å². The van der Waals surface area contributed by atoms with Gasteiger partial charge in [-0.1, -0.05) is 12.1 Å². The van der Waals surface area contributed by atoms with Gasteiger partial charge in [-0.05, 0) is 42.0 Å². The molecule has 0 saturated carbocycles. The molecule has 120 valence electrons. The molecule has 6 heteroatoms. The SMILES string of the molecule is CN1C(=O)/C(=C\c2cccc(F)c2)C(=O)c2cc(C(=O)O)ccc21. The van der Waals surface area contributed by atoms with Gasteiger partial charge in [0.05, 0.1) is 16.8 Å². The lowest BCUT2D eigenvalue weighted by Crippen LogP contribution is -2.36. The zero-order chi connectivity index (χ0) is 17.4. The zero-order valence-corrected chi connectivity index (χ0v) is 12.6. The van der Waals surface area contributed by atoms with Gasteiger partial charge in [0, 0.05) is 12.6 Å². The van der Waals surface area contributed by atoms with E-state index in [1.807, 2.05) is 0 Å². The van der Waals surface area contributed by atoms with Crippen LogP contribution in [0.4, 0.5) is 10.1 Å². The molecule has 1 aliphatic heterocycles.